The summed E-state index contributed by atoms with van der Waals surface area (Å²) < 4.78 is 0.951. The number of aryl methyl sites for hydroxylation is 1. The Balaban J connectivity index is 1.91. The number of nitrogens with zero attached hydrogens (tertiary/aromatic N) is 1. The van der Waals surface area contributed by atoms with Gasteiger partial charge in [0, 0.05) is 17.3 Å². The van der Waals surface area contributed by atoms with Gasteiger partial charge in [-0.2, -0.15) is 0 Å². The van der Waals surface area contributed by atoms with Gasteiger partial charge in [-0.15, -0.1) is 11.3 Å². The molecule has 0 aliphatic rings. The van der Waals surface area contributed by atoms with E-state index in [0.717, 1.165) is 10.0 Å². The van der Waals surface area contributed by atoms with Gasteiger partial charge >= 0.3 is 0 Å². The first-order valence-electron chi connectivity index (χ1n) is 4.47. The third kappa shape index (κ3) is 2.70. The molecule has 0 spiro atoms. The number of aromatic amines is 1. The van der Waals surface area contributed by atoms with E-state index in [9.17, 15) is 4.79 Å². The zero-order chi connectivity index (χ0) is 10.7. The fourth-order valence-corrected chi connectivity index (χ4v) is 2.84. The summed E-state index contributed by atoms with van der Waals surface area (Å²) in [5.74, 6) is 0.547. The molecule has 2 aromatic rings. The number of hydrogen-bond acceptors (Lipinski definition) is 4. The Hall–Kier alpha value is -1.07. The Kier molecular flexibility index (Phi) is 3.23. The molecule has 3 nitrogen and oxygen atoms in total. The van der Waals surface area contributed by atoms with Crippen molar-refractivity contribution < 1.29 is 4.79 Å². The number of Topliss-reactive ketones (excluding diaryl/α,β-unsaturated/α-hetero) is 1. The number of carbonyl (C=O) groups is 1. The van der Waals surface area contributed by atoms with Crippen molar-refractivity contribution in [3.05, 3.63) is 35.1 Å². The van der Waals surface area contributed by atoms with E-state index in [1.807, 2.05) is 18.4 Å². The zero-order valence-electron chi connectivity index (χ0n) is 8.19. The molecule has 5 heteroatoms. The third-order valence-electron chi connectivity index (χ3n) is 1.82. The highest BCUT2D eigenvalue weighted by atomic mass is 32.2. The van der Waals surface area contributed by atoms with Crippen LogP contribution in [0.5, 0.6) is 0 Å². The number of rotatable bonds is 4. The molecule has 0 aliphatic carbocycles. The number of thiazole rings is 1. The van der Waals surface area contributed by atoms with Crippen LogP contribution in [0.25, 0.3) is 0 Å². The van der Waals surface area contributed by atoms with Crippen LogP contribution in [0.4, 0.5) is 0 Å². The average Bonchev–Trinajstić information content (AvgIpc) is 2.84. The lowest BCUT2D eigenvalue weighted by atomic mass is 10.3. The quantitative estimate of drug-likeness (QED) is 0.658. The van der Waals surface area contributed by atoms with Crippen LogP contribution in [-0.4, -0.2) is 21.5 Å². The van der Waals surface area contributed by atoms with Gasteiger partial charge in [0.2, 0.25) is 0 Å². The Labute approximate surface area is 95.9 Å². The zero-order valence-corrected chi connectivity index (χ0v) is 9.82. The minimum absolute atomic E-state index is 0.109. The molecule has 2 heterocycles. The highest BCUT2D eigenvalue weighted by molar-refractivity contribution is 8.01. The van der Waals surface area contributed by atoms with E-state index in [4.69, 9.17) is 0 Å². The van der Waals surface area contributed by atoms with Gasteiger partial charge in [0.05, 0.1) is 11.4 Å². The molecule has 78 valence electrons. The molecule has 0 fully saturated rings. The van der Waals surface area contributed by atoms with E-state index < -0.39 is 0 Å². The van der Waals surface area contributed by atoms with Gasteiger partial charge in [-0.25, -0.2) is 4.98 Å². The van der Waals surface area contributed by atoms with Crippen molar-refractivity contribution in [2.75, 3.05) is 5.75 Å². The topological polar surface area (TPSA) is 45.8 Å². The summed E-state index contributed by atoms with van der Waals surface area (Å²) >= 11 is 3.06. The smallest absolute Gasteiger partial charge is 0.189 e. The first-order valence-corrected chi connectivity index (χ1v) is 6.34. The maximum atomic E-state index is 11.6. The van der Waals surface area contributed by atoms with Crippen molar-refractivity contribution in [1.82, 2.24) is 9.97 Å². The maximum Gasteiger partial charge on any atom is 0.189 e. The molecule has 15 heavy (non-hydrogen) atoms. The van der Waals surface area contributed by atoms with Crippen molar-refractivity contribution in [3.63, 3.8) is 0 Å². The first kappa shape index (κ1) is 10.4. The molecule has 2 rings (SSSR count). The number of nitrogens with one attached hydrogen (secondary N) is 1. The minimum atomic E-state index is 0.109. The number of aromatic nitrogens is 2. The third-order valence-corrected chi connectivity index (χ3v) is 3.96. The fourth-order valence-electron chi connectivity index (χ4n) is 1.11. The molecule has 0 aromatic carbocycles. The van der Waals surface area contributed by atoms with Crippen LogP contribution in [0.1, 0.15) is 16.2 Å². The SMILES string of the molecule is Cc1csc(SCC(=O)c2ccc[nH]2)n1. The predicted molar refractivity (Wildman–Crippen MR) is 62.7 cm³/mol. The van der Waals surface area contributed by atoms with Gasteiger partial charge in [0.15, 0.2) is 10.1 Å². The molecule has 1 N–H and O–H groups in total. The second-order valence-corrected chi connectivity index (χ2v) is 5.13. The van der Waals surface area contributed by atoms with E-state index in [2.05, 4.69) is 9.97 Å². The normalized spacial score (nSPS) is 10.5. The molecule has 0 amide bonds. The average molecular weight is 238 g/mol. The van der Waals surface area contributed by atoms with Gasteiger partial charge in [0.25, 0.3) is 0 Å². The summed E-state index contributed by atoms with van der Waals surface area (Å²) in [5, 5.41) is 1.99. The van der Waals surface area contributed by atoms with E-state index in [0.29, 0.717) is 11.4 Å². The van der Waals surface area contributed by atoms with Crippen LogP contribution in [-0.2, 0) is 0 Å². The monoisotopic (exact) mass is 238 g/mol. The molecule has 2 aromatic heterocycles. The van der Waals surface area contributed by atoms with E-state index in [-0.39, 0.29) is 5.78 Å². The number of hydrogen-bond donors (Lipinski definition) is 1. The number of thioether (sulfide) groups is 1. The Morgan fingerprint density at radius 1 is 1.67 bits per heavy atom. The highest BCUT2D eigenvalue weighted by Crippen LogP contribution is 2.22. The van der Waals surface area contributed by atoms with Gasteiger partial charge in [-0.05, 0) is 19.1 Å². The number of carbonyl (C=O) groups excluding carboxylic acids is 1. The molecular weight excluding hydrogens is 228 g/mol. The van der Waals surface area contributed by atoms with Gasteiger partial charge in [0.1, 0.15) is 0 Å². The van der Waals surface area contributed by atoms with E-state index in [1.54, 1.807) is 23.6 Å². The molecule has 0 saturated carbocycles. The lowest BCUT2D eigenvalue weighted by Crippen LogP contribution is -2.02. The van der Waals surface area contributed by atoms with Crippen molar-refractivity contribution in [2.45, 2.75) is 11.3 Å². The fraction of sp³-hybridized carbons (Fsp3) is 0.200. The molecule has 0 atom stereocenters. The Morgan fingerprint density at radius 2 is 2.53 bits per heavy atom. The van der Waals surface area contributed by atoms with Crippen LogP contribution in [0, 0.1) is 6.92 Å². The molecule has 0 saturated heterocycles. The van der Waals surface area contributed by atoms with Crippen molar-refractivity contribution >= 4 is 28.9 Å². The summed E-state index contributed by atoms with van der Waals surface area (Å²) in [6.45, 7) is 1.95. The molecular formula is C10H10N2OS2. The summed E-state index contributed by atoms with van der Waals surface area (Å²) in [5.41, 5.74) is 1.67. The van der Waals surface area contributed by atoms with Gasteiger partial charge in [-0.1, -0.05) is 11.8 Å². The predicted octanol–water partition coefficient (Wildman–Crippen LogP) is 2.75. The summed E-state index contributed by atoms with van der Waals surface area (Å²) in [4.78, 5) is 18.8. The highest BCUT2D eigenvalue weighted by Gasteiger charge is 2.08. The minimum Gasteiger partial charge on any atom is -0.359 e. The van der Waals surface area contributed by atoms with Crippen molar-refractivity contribution in [3.8, 4) is 0 Å². The summed E-state index contributed by atoms with van der Waals surface area (Å²) in [6.07, 6.45) is 1.76. The second-order valence-electron chi connectivity index (χ2n) is 3.05. The molecule has 0 unspecified atom stereocenters. The summed E-state index contributed by atoms with van der Waals surface area (Å²) in [6, 6.07) is 3.61. The Morgan fingerprint density at radius 3 is 3.13 bits per heavy atom. The summed E-state index contributed by atoms with van der Waals surface area (Å²) in [7, 11) is 0. The standard InChI is InChI=1S/C10H10N2OS2/c1-7-5-14-10(12-7)15-6-9(13)8-3-2-4-11-8/h2-5,11H,6H2,1H3. The lowest BCUT2D eigenvalue weighted by molar-refractivity contribution is 0.101. The van der Waals surface area contributed by atoms with E-state index >= 15 is 0 Å². The van der Waals surface area contributed by atoms with Crippen molar-refractivity contribution in [1.29, 1.82) is 0 Å². The van der Waals surface area contributed by atoms with E-state index in [1.165, 1.54) is 11.8 Å². The van der Waals surface area contributed by atoms with Crippen LogP contribution in [0.2, 0.25) is 0 Å². The van der Waals surface area contributed by atoms with Crippen LogP contribution < -0.4 is 0 Å². The van der Waals surface area contributed by atoms with Gasteiger partial charge in [-0.3, -0.25) is 4.79 Å². The van der Waals surface area contributed by atoms with Crippen molar-refractivity contribution in [2.24, 2.45) is 0 Å². The van der Waals surface area contributed by atoms with Crippen LogP contribution in [0.3, 0.4) is 0 Å². The molecule has 0 bridgehead atoms. The molecule has 0 radical (unpaired) electrons. The van der Waals surface area contributed by atoms with Crippen LogP contribution in [0.15, 0.2) is 28.0 Å². The molecule has 0 aliphatic heterocycles. The second kappa shape index (κ2) is 4.63. The largest absolute Gasteiger partial charge is 0.359 e. The lowest BCUT2D eigenvalue weighted by Gasteiger charge is -1.95. The first-order chi connectivity index (χ1) is 7.25. The number of ketones is 1. The number of H-pyrrole nitrogens is 1. The van der Waals surface area contributed by atoms with Gasteiger partial charge < -0.3 is 4.98 Å². The van der Waals surface area contributed by atoms with Crippen LogP contribution >= 0.6 is 23.1 Å². The Bertz CT molecular complexity index is 448. The maximum absolute atomic E-state index is 11.6.